The van der Waals surface area contributed by atoms with Crippen molar-refractivity contribution < 1.29 is 23.9 Å². The highest BCUT2D eigenvalue weighted by Crippen LogP contribution is 2.13. The number of methoxy groups -OCH3 is 1. The van der Waals surface area contributed by atoms with Crippen LogP contribution in [-0.4, -0.2) is 37.9 Å². The van der Waals surface area contributed by atoms with Gasteiger partial charge in [0, 0.05) is 11.1 Å². The molecule has 0 fully saturated rings. The lowest BCUT2D eigenvalue weighted by Crippen LogP contribution is -2.29. The minimum atomic E-state index is -0.500. The molecule has 1 amide bonds. The first-order valence-corrected chi connectivity index (χ1v) is 8.06. The van der Waals surface area contributed by atoms with E-state index in [2.05, 4.69) is 15.2 Å². The van der Waals surface area contributed by atoms with E-state index in [1.807, 2.05) is 0 Å². The lowest BCUT2D eigenvalue weighted by Gasteiger charge is -2.07. The van der Waals surface area contributed by atoms with E-state index in [0.29, 0.717) is 16.9 Å². The zero-order chi connectivity index (χ0) is 19.6. The average Bonchev–Trinajstić information content (AvgIpc) is 2.71. The molecule has 0 spiro atoms. The first kappa shape index (κ1) is 19.8. The Labute approximate surface area is 156 Å². The Morgan fingerprint density at radius 1 is 1.00 bits per heavy atom. The van der Waals surface area contributed by atoms with E-state index in [9.17, 15) is 14.4 Å². The van der Waals surface area contributed by atoms with Crippen LogP contribution in [0.4, 0.5) is 0 Å². The molecular formula is C19H19N3O5. The van der Waals surface area contributed by atoms with Gasteiger partial charge in [0.2, 0.25) is 0 Å². The highest BCUT2D eigenvalue weighted by molar-refractivity contribution is 6.02. The summed E-state index contributed by atoms with van der Waals surface area (Å²) < 4.78 is 9.67. The van der Waals surface area contributed by atoms with Crippen molar-refractivity contribution in [1.82, 2.24) is 5.32 Å². The van der Waals surface area contributed by atoms with Crippen LogP contribution in [0.1, 0.15) is 26.3 Å². The van der Waals surface area contributed by atoms with Gasteiger partial charge in [-0.15, -0.1) is 0 Å². The van der Waals surface area contributed by atoms with Gasteiger partial charge >= 0.3 is 5.97 Å². The number of Topliss-reactive ketones (excluding diaryl/α,β-unsaturated/α-hetero) is 1. The predicted octanol–water partition coefficient (Wildman–Crippen LogP) is 2.38. The van der Waals surface area contributed by atoms with Crippen molar-refractivity contribution in [2.24, 2.45) is 5.11 Å². The number of nitrogens with zero attached hydrogens (tertiary/aromatic N) is 1. The summed E-state index contributed by atoms with van der Waals surface area (Å²) in [4.78, 5) is 35.3. The van der Waals surface area contributed by atoms with Gasteiger partial charge in [0.25, 0.3) is 5.91 Å². The molecular weight excluding hydrogens is 350 g/mol. The number of ether oxygens (including phenoxy) is 2. The minimum absolute atomic E-state index is 0.148. The predicted molar refractivity (Wildman–Crippen MR) is 95.9 cm³/mol. The van der Waals surface area contributed by atoms with E-state index in [1.54, 1.807) is 48.5 Å². The Kier molecular flexibility index (Phi) is 7.18. The number of carbonyl (C=O) groups excluding carboxylic acids is 3. The number of hydrogen-bond acceptors (Lipinski definition) is 7. The third-order valence-corrected chi connectivity index (χ3v) is 3.65. The molecule has 2 N–H and O–H groups in total. The zero-order valence-corrected chi connectivity index (χ0v) is 14.7. The van der Waals surface area contributed by atoms with Crippen molar-refractivity contribution in [1.29, 1.82) is 5.53 Å². The second-order valence-corrected chi connectivity index (χ2v) is 5.51. The number of esters is 1. The largest absolute Gasteiger partial charge is 0.482 e. The quantitative estimate of drug-likeness (QED) is 0.400. The van der Waals surface area contributed by atoms with E-state index >= 15 is 0 Å². The van der Waals surface area contributed by atoms with Crippen LogP contribution in [0.15, 0.2) is 53.6 Å². The van der Waals surface area contributed by atoms with Gasteiger partial charge in [0.15, 0.2) is 12.4 Å². The van der Waals surface area contributed by atoms with Crippen molar-refractivity contribution in [3.8, 4) is 5.75 Å². The third kappa shape index (κ3) is 6.03. The van der Waals surface area contributed by atoms with Gasteiger partial charge in [0.1, 0.15) is 5.75 Å². The zero-order valence-electron chi connectivity index (χ0n) is 14.7. The maximum Gasteiger partial charge on any atom is 0.343 e. The summed E-state index contributed by atoms with van der Waals surface area (Å²) in [7, 11) is 1.27. The number of hydrogen-bond donors (Lipinski definition) is 2. The maximum atomic E-state index is 12.2. The van der Waals surface area contributed by atoms with E-state index < -0.39 is 5.97 Å². The minimum Gasteiger partial charge on any atom is -0.482 e. The summed E-state index contributed by atoms with van der Waals surface area (Å²) in [6, 6.07) is 12.9. The van der Waals surface area contributed by atoms with Gasteiger partial charge in [0.05, 0.1) is 20.2 Å². The van der Waals surface area contributed by atoms with Gasteiger partial charge in [-0.1, -0.05) is 12.1 Å². The summed E-state index contributed by atoms with van der Waals surface area (Å²) in [6.07, 6.45) is 0. The Bertz CT molecular complexity index is 816. The SMILES string of the molecule is COC(=O)COc1ccc(C(=O)CNC(=O)c2ccc(CN=N)cc2)cc1. The Morgan fingerprint density at radius 2 is 1.63 bits per heavy atom. The highest BCUT2D eigenvalue weighted by Gasteiger charge is 2.10. The molecule has 0 aliphatic carbocycles. The van der Waals surface area contributed by atoms with Crippen molar-refractivity contribution in [3.63, 3.8) is 0 Å². The molecule has 0 aromatic heterocycles. The molecule has 2 aromatic rings. The molecule has 2 aromatic carbocycles. The molecule has 0 bridgehead atoms. The van der Waals surface area contributed by atoms with Crippen molar-refractivity contribution in [3.05, 3.63) is 65.2 Å². The summed E-state index contributed by atoms with van der Waals surface area (Å²) in [5.74, 6) is -0.691. The van der Waals surface area contributed by atoms with Crippen molar-refractivity contribution in [2.45, 2.75) is 6.54 Å². The second kappa shape index (κ2) is 9.81. The van der Waals surface area contributed by atoms with Gasteiger partial charge < -0.3 is 14.8 Å². The molecule has 0 heterocycles. The topological polar surface area (TPSA) is 118 Å². The first-order valence-electron chi connectivity index (χ1n) is 8.06. The van der Waals surface area contributed by atoms with Gasteiger partial charge in [-0.25, -0.2) is 10.3 Å². The summed E-state index contributed by atoms with van der Waals surface area (Å²) in [6.45, 7) is -0.0980. The van der Waals surface area contributed by atoms with Gasteiger partial charge in [-0.05, 0) is 42.0 Å². The maximum absolute atomic E-state index is 12.2. The molecule has 8 nitrogen and oxygen atoms in total. The fourth-order valence-electron chi connectivity index (χ4n) is 2.16. The number of carbonyl (C=O) groups is 3. The Morgan fingerprint density at radius 3 is 2.22 bits per heavy atom. The van der Waals surface area contributed by atoms with Crippen molar-refractivity contribution in [2.75, 3.05) is 20.3 Å². The van der Waals surface area contributed by atoms with E-state index in [4.69, 9.17) is 10.3 Å². The number of nitrogens with one attached hydrogen (secondary N) is 2. The van der Waals surface area contributed by atoms with Crippen LogP contribution >= 0.6 is 0 Å². The Balaban J connectivity index is 1.86. The van der Waals surface area contributed by atoms with Crippen LogP contribution in [0, 0.1) is 5.53 Å². The van der Waals surface area contributed by atoms with Crippen LogP contribution in [0.3, 0.4) is 0 Å². The van der Waals surface area contributed by atoms with Crippen LogP contribution in [0.5, 0.6) is 5.75 Å². The number of amides is 1. The molecule has 140 valence electrons. The smallest absolute Gasteiger partial charge is 0.343 e. The summed E-state index contributed by atoms with van der Waals surface area (Å²) in [5.41, 5.74) is 8.47. The van der Waals surface area contributed by atoms with E-state index in [0.717, 1.165) is 5.56 Å². The van der Waals surface area contributed by atoms with Crippen LogP contribution in [0.2, 0.25) is 0 Å². The first-order chi connectivity index (χ1) is 13.0. The number of ketones is 1. The standard InChI is InChI=1S/C19H19N3O5/c1-26-18(24)12-27-16-8-6-14(7-9-16)17(23)11-21-19(25)15-4-2-13(3-5-15)10-22-20/h2-9,20H,10-12H2,1H3,(H,21,25). The average molecular weight is 369 g/mol. The lowest BCUT2D eigenvalue weighted by molar-refractivity contribution is -0.142. The van der Waals surface area contributed by atoms with Gasteiger partial charge in [-0.2, -0.15) is 5.11 Å². The van der Waals surface area contributed by atoms with Crippen LogP contribution < -0.4 is 10.1 Å². The van der Waals surface area contributed by atoms with Crippen molar-refractivity contribution >= 4 is 17.7 Å². The molecule has 0 saturated heterocycles. The Hall–Kier alpha value is -3.55. The molecule has 0 radical (unpaired) electrons. The normalized spacial score (nSPS) is 9.96. The molecule has 27 heavy (non-hydrogen) atoms. The second-order valence-electron chi connectivity index (χ2n) is 5.51. The molecule has 0 unspecified atom stereocenters. The molecule has 0 saturated carbocycles. The molecule has 8 heteroatoms. The fourth-order valence-corrected chi connectivity index (χ4v) is 2.16. The molecule has 0 aliphatic heterocycles. The molecule has 2 rings (SSSR count). The summed E-state index contributed by atoms with van der Waals surface area (Å²) >= 11 is 0. The van der Waals surface area contributed by atoms with Crippen LogP contribution in [0.25, 0.3) is 0 Å². The number of rotatable bonds is 9. The third-order valence-electron chi connectivity index (χ3n) is 3.65. The lowest BCUT2D eigenvalue weighted by atomic mass is 10.1. The number of benzene rings is 2. The fraction of sp³-hybridized carbons (Fsp3) is 0.211. The highest BCUT2D eigenvalue weighted by atomic mass is 16.6. The summed E-state index contributed by atoms with van der Waals surface area (Å²) in [5, 5.41) is 5.85. The molecule has 0 aliphatic rings. The van der Waals surface area contributed by atoms with E-state index in [1.165, 1.54) is 7.11 Å². The van der Waals surface area contributed by atoms with E-state index in [-0.39, 0.29) is 31.4 Å². The monoisotopic (exact) mass is 369 g/mol. The molecule has 0 atom stereocenters. The van der Waals surface area contributed by atoms with Gasteiger partial charge in [-0.3, -0.25) is 9.59 Å². The van der Waals surface area contributed by atoms with Crippen LogP contribution in [-0.2, 0) is 16.1 Å².